The van der Waals surface area contributed by atoms with Gasteiger partial charge in [0, 0.05) is 0 Å². The predicted octanol–water partition coefficient (Wildman–Crippen LogP) is 3.02. The average Bonchev–Trinajstić information content (AvgIpc) is 2.81. The largest absolute Gasteiger partial charge is 0.475 e. The van der Waals surface area contributed by atoms with Crippen molar-refractivity contribution in [1.82, 2.24) is 0 Å². The second-order valence-electron chi connectivity index (χ2n) is 3.90. The molecule has 1 saturated carbocycles. The Kier molecular flexibility index (Phi) is 5.26. The van der Waals surface area contributed by atoms with Crippen molar-refractivity contribution in [3.05, 3.63) is 23.7 Å². The molecule has 2 N–H and O–H groups in total. The lowest BCUT2D eigenvalue weighted by Gasteiger charge is -2.05. The molecule has 0 unspecified atom stereocenters. The van der Waals surface area contributed by atoms with Gasteiger partial charge in [0.25, 0.3) is 0 Å². The first-order valence-corrected chi connectivity index (χ1v) is 5.67. The summed E-state index contributed by atoms with van der Waals surface area (Å²) in [7, 11) is 0. The lowest BCUT2D eigenvalue weighted by Crippen LogP contribution is -1.94. The van der Waals surface area contributed by atoms with E-state index in [1.54, 1.807) is 0 Å². The van der Waals surface area contributed by atoms with Crippen molar-refractivity contribution >= 4 is 11.9 Å². The molecule has 5 nitrogen and oxygen atoms in total. The summed E-state index contributed by atoms with van der Waals surface area (Å²) in [6.45, 7) is 0. The molecule has 94 valence electrons. The van der Waals surface area contributed by atoms with Gasteiger partial charge in [0.1, 0.15) is 0 Å². The molecular formula is C12H16O5. The van der Waals surface area contributed by atoms with Crippen LogP contribution < -0.4 is 0 Å². The Labute approximate surface area is 99.1 Å². The summed E-state index contributed by atoms with van der Waals surface area (Å²) >= 11 is 0. The minimum atomic E-state index is -1.28. The first-order chi connectivity index (χ1) is 8.11. The number of rotatable bonds is 2. The van der Waals surface area contributed by atoms with Gasteiger partial charge in [-0.2, -0.15) is 0 Å². The zero-order valence-electron chi connectivity index (χ0n) is 9.52. The molecule has 0 aromatic carbocycles. The van der Waals surface area contributed by atoms with E-state index in [0.29, 0.717) is 0 Å². The lowest BCUT2D eigenvalue weighted by molar-refractivity contribution is 0.0631. The molecule has 0 amide bonds. The van der Waals surface area contributed by atoms with E-state index >= 15 is 0 Å². The normalized spacial score (nSPS) is 14.6. The molecule has 1 aromatic heterocycles. The average molecular weight is 240 g/mol. The maximum atomic E-state index is 10.2. The van der Waals surface area contributed by atoms with Crippen LogP contribution in [0, 0.1) is 0 Å². The van der Waals surface area contributed by atoms with Crippen LogP contribution in [0.4, 0.5) is 0 Å². The van der Waals surface area contributed by atoms with Gasteiger partial charge in [-0.1, -0.05) is 38.5 Å². The van der Waals surface area contributed by atoms with Gasteiger partial charge in [-0.3, -0.25) is 0 Å². The molecule has 1 aliphatic rings. The monoisotopic (exact) mass is 240 g/mol. The molecule has 17 heavy (non-hydrogen) atoms. The molecule has 5 heteroatoms. The van der Waals surface area contributed by atoms with Crippen LogP contribution in [0.1, 0.15) is 59.6 Å². The van der Waals surface area contributed by atoms with Gasteiger partial charge in [-0.05, 0) is 12.1 Å². The van der Waals surface area contributed by atoms with Gasteiger partial charge in [0.05, 0.1) is 0 Å². The smallest absolute Gasteiger partial charge is 0.371 e. The van der Waals surface area contributed by atoms with Crippen molar-refractivity contribution in [2.75, 3.05) is 0 Å². The Morgan fingerprint density at radius 2 is 1.12 bits per heavy atom. The van der Waals surface area contributed by atoms with E-state index in [9.17, 15) is 9.59 Å². The number of hydrogen-bond donors (Lipinski definition) is 2. The van der Waals surface area contributed by atoms with Crippen molar-refractivity contribution in [3.8, 4) is 0 Å². The number of carbonyl (C=O) groups is 2. The lowest BCUT2D eigenvalue weighted by atomic mass is 10.0. The van der Waals surface area contributed by atoms with E-state index in [1.807, 2.05) is 0 Å². The molecule has 0 spiro atoms. The van der Waals surface area contributed by atoms with Crippen LogP contribution in [0.15, 0.2) is 16.5 Å². The highest BCUT2D eigenvalue weighted by atomic mass is 16.4. The van der Waals surface area contributed by atoms with Gasteiger partial charge >= 0.3 is 11.9 Å². The summed E-state index contributed by atoms with van der Waals surface area (Å²) in [6, 6.07) is 2.18. The van der Waals surface area contributed by atoms with Crippen molar-refractivity contribution < 1.29 is 24.2 Å². The predicted molar refractivity (Wildman–Crippen MR) is 60.3 cm³/mol. The van der Waals surface area contributed by atoms with Crippen molar-refractivity contribution in [3.63, 3.8) is 0 Å². The molecule has 0 bridgehead atoms. The van der Waals surface area contributed by atoms with Crippen LogP contribution in [0.3, 0.4) is 0 Å². The maximum absolute atomic E-state index is 10.2. The van der Waals surface area contributed by atoms with Gasteiger partial charge in [0.2, 0.25) is 11.5 Å². The summed E-state index contributed by atoms with van der Waals surface area (Å²) in [5.74, 6) is -3.31. The third kappa shape index (κ3) is 4.72. The van der Waals surface area contributed by atoms with Crippen molar-refractivity contribution in [2.24, 2.45) is 0 Å². The zero-order valence-corrected chi connectivity index (χ0v) is 9.52. The van der Waals surface area contributed by atoms with Crippen LogP contribution in [0.2, 0.25) is 0 Å². The summed E-state index contributed by atoms with van der Waals surface area (Å²) in [5, 5.41) is 16.6. The maximum Gasteiger partial charge on any atom is 0.371 e. The summed E-state index contributed by atoms with van der Waals surface area (Å²) in [6.07, 6.45) is 9.00. The van der Waals surface area contributed by atoms with E-state index < -0.39 is 11.9 Å². The summed E-state index contributed by atoms with van der Waals surface area (Å²) < 4.78 is 4.41. The van der Waals surface area contributed by atoms with E-state index in [4.69, 9.17) is 10.2 Å². The van der Waals surface area contributed by atoms with Crippen LogP contribution >= 0.6 is 0 Å². The molecule has 2 rings (SSSR count). The molecule has 0 atom stereocenters. The zero-order chi connectivity index (χ0) is 12.7. The molecule has 0 aliphatic heterocycles. The SMILES string of the molecule is C1CCCCC1.O=C(O)c1ccc(C(=O)O)o1. The Morgan fingerprint density at radius 3 is 1.29 bits per heavy atom. The van der Waals surface area contributed by atoms with E-state index in [-0.39, 0.29) is 11.5 Å². The fourth-order valence-electron chi connectivity index (χ4n) is 1.63. The van der Waals surface area contributed by atoms with Crippen molar-refractivity contribution in [1.29, 1.82) is 0 Å². The van der Waals surface area contributed by atoms with E-state index in [0.717, 1.165) is 12.1 Å². The third-order valence-corrected chi connectivity index (χ3v) is 2.53. The van der Waals surface area contributed by atoms with Crippen LogP contribution in [-0.2, 0) is 0 Å². The minimum absolute atomic E-state index is 0.373. The number of carboxylic acids is 2. The molecule has 0 radical (unpaired) electrons. The van der Waals surface area contributed by atoms with Crippen LogP contribution in [-0.4, -0.2) is 22.2 Å². The molecular weight excluding hydrogens is 224 g/mol. The Hall–Kier alpha value is -1.78. The number of aromatic carboxylic acids is 2. The topological polar surface area (TPSA) is 87.7 Å². The standard InChI is InChI=1S/C6H4O5.C6H12/c7-5(8)3-1-2-4(11-3)6(9)10;1-2-4-6-5-3-1/h1-2H,(H,7,8)(H,9,10);1-6H2. The Balaban J connectivity index is 0.000000202. The minimum Gasteiger partial charge on any atom is -0.475 e. The van der Waals surface area contributed by atoms with E-state index in [1.165, 1.54) is 38.5 Å². The second kappa shape index (κ2) is 6.73. The van der Waals surface area contributed by atoms with E-state index in [2.05, 4.69) is 4.42 Å². The fraction of sp³-hybridized carbons (Fsp3) is 0.500. The van der Waals surface area contributed by atoms with Crippen molar-refractivity contribution in [2.45, 2.75) is 38.5 Å². The molecule has 0 saturated heterocycles. The fourth-order valence-corrected chi connectivity index (χ4v) is 1.63. The quantitative estimate of drug-likeness (QED) is 0.829. The number of carboxylic acid groups (broad SMARTS) is 2. The van der Waals surface area contributed by atoms with Gasteiger partial charge in [-0.25, -0.2) is 9.59 Å². The van der Waals surface area contributed by atoms with Gasteiger partial charge < -0.3 is 14.6 Å². The first-order valence-electron chi connectivity index (χ1n) is 5.67. The highest BCUT2D eigenvalue weighted by Gasteiger charge is 2.12. The molecule has 1 aliphatic carbocycles. The second-order valence-corrected chi connectivity index (χ2v) is 3.90. The molecule has 1 fully saturated rings. The van der Waals surface area contributed by atoms with Gasteiger partial charge in [-0.15, -0.1) is 0 Å². The summed E-state index contributed by atoms with van der Waals surface area (Å²) in [4.78, 5) is 20.3. The van der Waals surface area contributed by atoms with Crippen LogP contribution in [0.5, 0.6) is 0 Å². The van der Waals surface area contributed by atoms with Crippen LogP contribution in [0.25, 0.3) is 0 Å². The summed E-state index contributed by atoms with van der Waals surface area (Å²) in [5.41, 5.74) is 0. The Morgan fingerprint density at radius 1 is 0.824 bits per heavy atom. The highest BCUT2D eigenvalue weighted by Crippen LogP contribution is 2.15. The third-order valence-electron chi connectivity index (χ3n) is 2.53. The first kappa shape index (κ1) is 13.3. The molecule has 1 heterocycles. The molecule has 1 aromatic rings. The number of hydrogen-bond acceptors (Lipinski definition) is 3. The van der Waals surface area contributed by atoms with Gasteiger partial charge in [0.15, 0.2) is 0 Å². The highest BCUT2D eigenvalue weighted by molar-refractivity contribution is 5.88. The number of furan rings is 1. The Bertz CT molecular complexity index is 336.